The van der Waals surface area contributed by atoms with Crippen molar-refractivity contribution in [3.63, 3.8) is 0 Å². The zero-order chi connectivity index (χ0) is 8.55. The molecule has 2 N–H and O–H groups in total. The third-order valence-corrected chi connectivity index (χ3v) is 2.96. The number of aromatic nitrogens is 2. The molecule has 1 aromatic heterocycles. The van der Waals surface area contributed by atoms with E-state index in [0.29, 0.717) is 6.54 Å². The van der Waals surface area contributed by atoms with E-state index >= 15 is 0 Å². The van der Waals surface area contributed by atoms with E-state index < -0.39 is 0 Å². The van der Waals surface area contributed by atoms with Crippen molar-refractivity contribution in [1.82, 2.24) is 9.55 Å². The van der Waals surface area contributed by atoms with E-state index in [0.717, 1.165) is 23.3 Å². The Morgan fingerprint density at radius 1 is 1.50 bits per heavy atom. The lowest BCUT2D eigenvalue weighted by Gasteiger charge is -2.15. The maximum absolute atomic E-state index is 5.63. The lowest BCUT2D eigenvalue weighted by molar-refractivity contribution is 0.508. The van der Waals surface area contributed by atoms with E-state index in [1.807, 2.05) is 0 Å². The standard InChI is InChI=1S/C8H12BrN3/c9-8-6(5-10)12-4-2-1-3-7(12)11-8/h1-5,10H2. The van der Waals surface area contributed by atoms with Crippen LogP contribution in [0.25, 0.3) is 0 Å². The first-order valence-corrected chi connectivity index (χ1v) is 5.06. The predicted molar refractivity (Wildman–Crippen MR) is 50.8 cm³/mol. The van der Waals surface area contributed by atoms with Crippen LogP contribution >= 0.6 is 15.9 Å². The highest BCUT2D eigenvalue weighted by Gasteiger charge is 2.16. The van der Waals surface area contributed by atoms with Gasteiger partial charge in [0.05, 0.1) is 5.69 Å². The molecule has 0 amide bonds. The minimum absolute atomic E-state index is 0.577. The highest BCUT2D eigenvalue weighted by atomic mass is 79.9. The second-order valence-corrected chi connectivity index (χ2v) is 3.83. The van der Waals surface area contributed by atoms with Crippen LogP contribution in [0.3, 0.4) is 0 Å². The predicted octanol–water partition coefficient (Wildman–Crippen LogP) is 1.44. The maximum Gasteiger partial charge on any atom is 0.128 e. The molecule has 0 aliphatic carbocycles. The molecular weight excluding hydrogens is 218 g/mol. The van der Waals surface area contributed by atoms with Gasteiger partial charge in [-0.2, -0.15) is 0 Å². The smallest absolute Gasteiger partial charge is 0.128 e. The van der Waals surface area contributed by atoms with Crippen LogP contribution in [0, 0.1) is 0 Å². The zero-order valence-corrected chi connectivity index (χ0v) is 8.47. The molecule has 0 bridgehead atoms. The summed E-state index contributed by atoms with van der Waals surface area (Å²) >= 11 is 3.43. The largest absolute Gasteiger partial charge is 0.330 e. The summed E-state index contributed by atoms with van der Waals surface area (Å²) in [5, 5.41) is 0. The number of imidazole rings is 1. The maximum atomic E-state index is 5.63. The van der Waals surface area contributed by atoms with Gasteiger partial charge in [0, 0.05) is 19.5 Å². The van der Waals surface area contributed by atoms with Crippen molar-refractivity contribution < 1.29 is 0 Å². The zero-order valence-electron chi connectivity index (χ0n) is 6.89. The number of halogens is 1. The number of fused-ring (bicyclic) bond motifs is 1. The third-order valence-electron chi connectivity index (χ3n) is 2.33. The van der Waals surface area contributed by atoms with Crippen LogP contribution in [0.2, 0.25) is 0 Å². The average Bonchev–Trinajstić information content (AvgIpc) is 2.40. The Labute approximate surface area is 80.1 Å². The van der Waals surface area contributed by atoms with Crippen LogP contribution in [0.1, 0.15) is 24.4 Å². The average molecular weight is 230 g/mol. The molecule has 4 heteroatoms. The molecule has 1 aliphatic rings. The van der Waals surface area contributed by atoms with Crippen molar-refractivity contribution in [3.05, 3.63) is 16.1 Å². The molecule has 66 valence electrons. The van der Waals surface area contributed by atoms with Crippen molar-refractivity contribution in [2.24, 2.45) is 5.73 Å². The van der Waals surface area contributed by atoms with E-state index in [2.05, 4.69) is 25.5 Å². The number of aryl methyl sites for hydroxylation is 1. The molecule has 0 atom stereocenters. The molecule has 12 heavy (non-hydrogen) atoms. The Bertz CT molecular complexity index is 293. The molecule has 0 spiro atoms. The van der Waals surface area contributed by atoms with Gasteiger partial charge in [0.25, 0.3) is 0 Å². The Balaban J connectivity index is 2.46. The van der Waals surface area contributed by atoms with Gasteiger partial charge in [-0.1, -0.05) is 0 Å². The monoisotopic (exact) mass is 229 g/mol. The number of nitrogens with zero attached hydrogens (tertiary/aromatic N) is 2. The molecule has 0 saturated heterocycles. The molecule has 0 aromatic carbocycles. The van der Waals surface area contributed by atoms with Gasteiger partial charge in [-0.15, -0.1) is 0 Å². The Hall–Kier alpha value is -0.350. The molecule has 0 saturated carbocycles. The molecule has 1 aromatic rings. The minimum atomic E-state index is 0.577. The molecular formula is C8H12BrN3. The van der Waals surface area contributed by atoms with Gasteiger partial charge in [0.1, 0.15) is 10.4 Å². The minimum Gasteiger partial charge on any atom is -0.330 e. The van der Waals surface area contributed by atoms with Gasteiger partial charge in [0.2, 0.25) is 0 Å². The van der Waals surface area contributed by atoms with E-state index in [9.17, 15) is 0 Å². The Morgan fingerprint density at radius 2 is 2.33 bits per heavy atom. The summed E-state index contributed by atoms with van der Waals surface area (Å²) in [6, 6.07) is 0. The quantitative estimate of drug-likeness (QED) is 0.793. The normalized spacial score (nSPS) is 16.2. The SMILES string of the molecule is NCc1c(Br)nc2n1CCCC2. The Kier molecular flexibility index (Phi) is 2.19. The van der Waals surface area contributed by atoms with Crippen molar-refractivity contribution >= 4 is 15.9 Å². The second-order valence-electron chi connectivity index (χ2n) is 3.08. The van der Waals surface area contributed by atoms with Crippen LogP contribution in [0.5, 0.6) is 0 Å². The summed E-state index contributed by atoms with van der Waals surface area (Å²) in [6.45, 7) is 1.66. The number of rotatable bonds is 1. The van der Waals surface area contributed by atoms with Crippen LogP contribution < -0.4 is 5.73 Å². The number of hydrogen-bond acceptors (Lipinski definition) is 2. The first-order valence-electron chi connectivity index (χ1n) is 4.26. The van der Waals surface area contributed by atoms with Crippen molar-refractivity contribution in [2.45, 2.75) is 32.4 Å². The second kappa shape index (κ2) is 3.18. The summed E-state index contributed by atoms with van der Waals surface area (Å²) in [5.74, 6) is 1.19. The molecule has 2 heterocycles. The van der Waals surface area contributed by atoms with Gasteiger partial charge in [-0.25, -0.2) is 4.98 Å². The van der Waals surface area contributed by atoms with Crippen LogP contribution in [0.15, 0.2) is 4.60 Å². The summed E-state index contributed by atoms with van der Waals surface area (Å²) in [6.07, 6.45) is 3.61. The van der Waals surface area contributed by atoms with Crippen LogP contribution in [-0.2, 0) is 19.5 Å². The fourth-order valence-corrected chi connectivity index (χ4v) is 2.29. The number of nitrogens with two attached hydrogens (primary N) is 1. The molecule has 3 nitrogen and oxygen atoms in total. The summed E-state index contributed by atoms with van der Waals surface area (Å²) in [7, 11) is 0. The molecule has 0 radical (unpaired) electrons. The van der Waals surface area contributed by atoms with E-state index in [4.69, 9.17) is 5.73 Å². The van der Waals surface area contributed by atoms with Crippen LogP contribution in [-0.4, -0.2) is 9.55 Å². The van der Waals surface area contributed by atoms with Gasteiger partial charge >= 0.3 is 0 Å². The summed E-state index contributed by atoms with van der Waals surface area (Å²) in [5.41, 5.74) is 6.77. The van der Waals surface area contributed by atoms with Crippen molar-refractivity contribution in [3.8, 4) is 0 Å². The summed E-state index contributed by atoms with van der Waals surface area (Å²) < 4.78 is 3.18. The lowest BCUT2D eigenvalue weighted by atomic mass is 10.2. The highest BCUT2D eigenvalue weighted by Crippen LogP contribution is 2.22. The van der Waals surface area contributed by atoms with Crippen molar-refractivity contribution in [2.75, 3.05) is 0 Å². The lowest BCUT2D eigenvalue weighted by Crippen LogP contribution is -2.14. The molecule has 1 aliphatic heterocycles. The third kappa shape index (κ3) is 1.19. The summed E-state index contributed by atoms with van der Waals surface area (Å²) in [4.78, 5) is 4.42. The fraction of sp³-hybridized carbons (Fsp3) is 0.625. The highest BCUT2D eigenvalue weighted by molar-refractivity contribution is 9.10. The van der Waals surface area contributed by atoms with Gasteiger partial charge in [0.15, 0.2) is 0 Å². The Morgan fingerprint density at radius 3 is 3.08 bits per heavy atom. The molecule has 0 unspecified atom stereocenters. The van der Waals surface area contributed by atoms with E-state index in [1.165, 1.54) is 18.7 Å². The van der Waals surface area contributed by atoms with Crippen LogP contribution in [0.4, 0.5) is 0 Å². The van der Waals surface area contributed by atoms with Gasteiger partial charge < -0.3 is 10.3 Å². The first kappa shape index (κ1) is 8.26. The number of hydrogen-bond donors (Lipinski definition) is 1. The first-order chi connectivity index (χ1) is 5.83. The van der Waals surface area contributed by atoms with Gasteiger partial charge in [-0.3, -0.25) is 0 Å². The van der Waals surface area contributed by atoms with Crippen molar-refractivity contribution in [1.29, 1.82) is 0 Å². The van der Waals surface area contributed by atoms with E-state index in [-0.39, 0.29) is 0 Å². The van der Waals surface area contributed by atoms with Gasteiger partial charge in [-0.05, 0) is 28.8 Å². The fourth-order valence-electron chi connectivity index (χ4n) is 1.71. The molecule has 0 fully saturated rings. The molecule has 2 rings (SSSR count). The topological polar surface area (TPSA) is 43.8 Å². The van der Waals surface area contributed by atoms with E-state index in [1.54, 1.807) is 0 Å².